The Morgan fingerprint density at radius 1 is 1.11 bits per heavy atom. The molecule has 0 aliphatic carbocycles. The van der Waals surface area contributed by atoms with Crippen molar-refractivity contribution in [2.45, 2.75) is 64.8 Å². The Labute approximate surface area is 123 Å². The van der Waals surface area contributed by atoms with Gasteiger partial charge in [0.25, 0.3) is 0 Å². The van der Waals surface area contributed by atoms with Crippen molar-refractivity contribution in [3.05, 3.63) is 34.3 Å². The van der Waals surface area contributed by atoms with Crippen molar-refractivity contribution in [3.8, 4) is 0 Å². The second-order valence-electron chi connectivity index (χ2n) is 5.41. The third-order valence-corrected chi connectivity index (χ3v) is 4.20. The van der Waals surface area contributed by atoms with Crippen LogP contribution in [0.5, 0.6) is 0 Å². The summed E-state index contributed by atoms with van der Waals surface area (Å²) in [5.41, 5.74) is 2.46. The number of benzene rings is 1. The van der Waals surface area contributed by atoms with Crippen LogP contribution in [-0.2, 0) is 0 Å². The van der Waals surface area contributed by atoms with Crippen molar-refractivity contribution in [2.75, 3.05) is 7.05 Å². The molecule has 1 N–H and O–H groups in total. The number of unbranched alkanes of at least 4 members (excludes halogenated alkanes) is 5. The van der Waals surface area contributed by atoms with Crippen LogP contribution >= 0.6 is 11.6 Å². The molecule has 2 heteroatoms. The lowest BCUT2D eigenvalue weighted by Crippen LogP contribution is -2.16. The highest BCUT2D eigenvalue weighted by molar-refractivity contribution is 6.31. The molecule has 0 fully saturated rings. The van der Waals surface area contributed by atoms with Gasteiger partial charge in [0, 0.05) is 11.1 Å². The average Bonchev–Trinajstić information content (AvgIpc) is 2.41. The van der Waals surface area contributed by atoms with Gasteiger partial charge >= 0.3 is 0 Å². The predicted octanol–water partition coefficient (Wildman–Crippen LogP) is 5.66. The van der Waals surface area contributed by atoms with E-state index in [-0.39, 0.29) is 0 Å². The first-order valence-electron chi connectivity index (χ1n) is 7.62. The van der Waals surface area contributed by atoms with Crippen molar-refractivity contribution >= 4 is 11.6 Å². The summed E-state index contributed by atoms with van der Waals surface area (Å²) in [6.07, 6.45) is 9.29. The molecule has 108 valence electrons. The van der Waals surface area contributed by atoms with Crippen LogP contribution in [0.25, 0.3) is 0 Å². The monoisotopic (exact) mass is 281 g/mol. The molecule has 0 bridgehead atoms. The topological polar surface area (TPSA) is 12.0 Å². The molecular weight excluding hydrogens is 254 g/mol. The molecule has 1 nitrogen and oxygen atoms in total. The fourth-order valence-corrected chi connectivity index (χ4v) is 2.62. The van der Waals surface area contributed by atoms with Crippen LogP contribution < -0.4 is 5.32 Å². The van der Waals surface area contributed by atoms with Crippen LogP contribution in [0.1, 0.15) is 69.0 Å². The Morgan fingerprint density at radius 3 is 2.42 bits per heavy atom. The van der Waals surface area contributed by atoms with Gasteiger partial charge in [-0.25, -0.2) is 0 Å². The Hall–Kier alpha value is -0.530. The summed E-state index contributed by atoms with van der Waals surface area (Å²) in [6.45, 7) is 4.31. The van der Waals surface area contributed by atoms with Crippen LogP contribution in [0.15, 0.2) is 18.2 Å². The minimum atomic E-state index is 0.435. The first-order chi connectivity index (χ1) is 9.19. The minimum absolute atomic E-state index is 0.435. The molecule has 0 saturated carbocycles. The van der Waals surface area contributed by atoms with Gasteiger partial charge in [0.2, 0.25) is 0 Å². The van der Waals surface area contributed by atoms with E-state index in [4.69, 9.17) is 11.6 Å². The van der Waals surface area contributed by atoms with Gasteiger partial charge in [-0.15, -0.1) is 0 Å². The summed E-state index contributed by atoms with van der Waals surface area (Å²) in [5.74, 6) is 0. The normalized spacial score (nSPS) is 12.6. The largest absolute Gasteiger partial charge is 0.313 e. The van der Waals surface area contributed by atoms with E-state index in [0.29, 0.717) is 6.04 Å². The smallest absolute Gasteiger partial charge is 0.0438 e. The predicted molar refractivity (Wildman–Crippen MR) is 86.0 cm³/mol. The fraction of sp³-hybridized carbons (Fsp3) is 0.647. The summed E-state index contributed by atoms with van der Waals surface area (Å²) in [7, 11) is 2.04. The zero-order valence-corrected chi connectivity index (χ0v) is 13.4. The van der Waals surface area contributed by atoms with Crippen LogP contribution in [0.4, 0.5) is 0 Å². The lowest BCUT2D eigenvalue weighted by molar-refractivity contribution is 0.498. The van der Waals surface area contributed by atoms with E-state index in [1.165, 1.54) is 50.5 Å². The Kier molecular flexibility index (Phi) is 8.16. The highest BCUT2D eigenvalue weighted by Crippen LogP contribution is 2.24. The maximum atomic E-state index is 6.21. The molecule has 0 aromatic heterocycles. The minimum Gasteiger partial charge on any atom is -0.313 e. The third-order valence-electron chi connectivity index (χ3n) is 3.79. The number of hydrogen-bond acceptors (Lipinski definition) is 1. The molecule has 0 amide bonds. The molecule has 1 aromatic rings. The van der Waals surface area contributed by atoms with Gasteiger partial charge < -0.3 is 5.32 Å². The number of aryl methyl sites for hydroxylation is 1. The Morgan fingerprint density at radius 2 is 1.79 bits per heavy atom. The highest BCUT2D eigenvalue weighted by Gasteiger charge is 2.09. The molecule has 0 heterocycles. The van der Waals surface area contributed by atoms with Gasteiger partial charge in [-0.3, -0.25) is 0 Å². The molecule has 1 unspecified atom stereocenters. The van der Waals surface area contributed by atoms with Gasteiger partial charge in [-0.1, -0.05) is 69.2 Å². The van der Waals surface area contributed by atoms with Crippen molar-refractivity contribution in [1.82, 2.24) is 5.32 Å². The van der Waals surface area contributed by atoms with Crippen LogP contribution in [-0.4, -0.2) is 7.05 Å². The quantitative estimate of drug-likeness (QED) is 0.576. The molecule has 1 rings (SSSR count). The van der Waals surface area contributed by atoms with Gasteiger partial charge in [-0.05, 0) is 37.6 Å². The average molecular weight is 282 g/mol. The third kappa shape index (κ3) is 5.97. The van der Waals surface area contributed by atoms with E-state index in [0.717, 1.165) is 10.6 Å². The molecule has 0 aliphatic heterocycles. The molecule has 0 aliphatic rings. The summed E-state index contributed by atoms with van der Waals surface area (Å²) in [6, 6.07) is 6.85. The number of hydrogen-bond donors (Lipinski definition) is 1. The zero-order valence-electron chi connectivity index (χ0n) is 12.6. The molecule has 19 heavy (non-hydrogen) atoms. The summed E-state index contributed by atoms with van der Waals surface area (Å²) in [4.78, 5) is 0. The van der Waals surface area contributed by atoms with Crippen molar-refractivity contribution < 1.29 is 0 Å². The zero-order chi connectivity index (χ0) is 14.1. The van der Waals surface area contributed by atoms with E-state index < -0.39 is 0 Å². The molecule has 1 atom stereocenters. The van der Waals surface area contributed by atoms with Crippen LogP contribution in [0.2, 0.25) is 5.02 Å². The van der Waals surface area contributed by atoms with Crippen LogP contribution in [0, 0.1) is 6.92 Å². The highest BCUT2D eigenvalue weighted by atomic mass is 35.5. The number of halogens is 1. The van der Waals surface area contributed by atoms with Crippen molar-refractivity contribution in [2.24, 2.45) is 0 Å². The van der Waals surface area contributed by atoms with Crippen molar-refractivity contribution in [3.63, 3.8) is 0 Å². The summed E-state index contributed by atoms with van der Waals surface area (Å²) in [5, 5.41) is 4.28. The van der Waals surface area contributed by atoms with Crippen molar-refractivity contribution in [1.29, 1.82) is 0 Å². The van der Waals surface area contributed by atoms with E-state index in [1.54, 1.807) is 0 Å². The van der Waals surface area contributed by atoms with Gasteiger partial charge in [0.1, 0.15) is 0 Å². The maximum absolute atomic E-state index is 6.21. The van der Waals surface area contributed by atoms with E-state index in [9.17, 15) is 0 Å². The lowest BCUT2D eigenvalue weighted by atomic mass is 9.99. The van der Waals surface area contributed by atoms with Gasteiger partial charge in [-0.2, -0.15) is 0 Å². The molecule has 1 aromatic carbocycles. The molecule has 0 spiro atoms. The first-order valence-corrected chi connectivity index (χ1v) is 8.00. The second kappa shape index (κ2) is 9.39. The second-order valence-corrected chi connectivity index (χ2v) is 5.81. The summed E-state index contributed by atoms with van der Waals surface area (Å²) >= 11 is 6.21. The molecular formula is C17H28ClN. The maximum Gasteiger partial charge on any atom is 0.0438 e. The standard InChI is InChI=1S/C17H28ClN/c1-4-5-6-7-8-9-10-17(19-3)15-12-11-14(2)16(18)13-15/h11-13,17,19H,4-10H2,1-3H3. The van der Waals surface area contributed by atoms with Gasteiger partial charge in [0.15, 0.2) is 0 Å². The first kappa shape index (κ1) is 16.5. The number of rotatable bonds is 9. The lowest BCUT2D eigenvalue weighted by Gasteiger charge is -2.17. The van der Waals surface area contributed by atoms with E-state index in [2.05, 4.69) is 30.4 Å². The van der Waals surface area contributed by atoms with Gasteiger partial charge in [0.05, 0.1) is 0 Å². The van der Waals surface area contributed by atoms with E-state index in [1.807, 2.05) is 14.0 Å². The Balaban J connectivity index is 2.38. The molecule has 0 radical (unpaired) electrons. The Bertz CT molecular complexity index is 362. The SMILES string of the molecule is CCCCCCCCC(NC)c1ccc(C)c(Cl)c1. The number of nitrogens with one attached hydrogen (secondary N) is 1. The summed E-state index contributed by atoms with van der Waals surface area (Å²) < 4.78 is 0. The fourth-order valence-electron chi connectivity index (χ4n) is 2.43. The molecule has 0 saturated heterocycles. The van der Waals surface area contributed by atoms with Crippen LogP contribution in [0.3, 0.4) is 0 Å². The van der Waals surface area contributed by atoms with E-state index >= 15 is 0 Å².